The first kappa shape index (κ1) is 37.7. The maximum absolute atomic E-state index is 13.8. The highest BCUT2D eigenvalue weighted by Gasteiger charge is 2.37. The number of carboxylic acids is 1. The second-order valence-corrected chi connectivity index (χ2v) is 10.1. The first-order valence-corrected chi connectivity index (χ1v) is 14.2. The van der Waals surface area contributed by atoms with Crippen LogP contribution < -0.4 is 14.5 Å². The number of aliphatic carboxylic acids is 1. The highest BCUT2D eigenvalue weighted by molar-refractivity contribution is 5.88. The molecule has 18 heteroatoms. The third-order valence-electron chi connectivity index (χ3n) is 6.59. The summed E-state index contributed by atoms with van der Waals surface area (Å²) in [6.45, 7) is 1.41. The van der Waals surface area contributed by atoms with E-state index in [9.17, 15) is 49.1 Å². The summed E-state index contributed by atoms with van der Waals surface area (Å²) in [5.74, 6) is -1.37. The van der Waals surface area contributed by atoms with Gasteiger partial charge in [-0.3, -0.25) is 9.69 Å². The molecule has 0 aliphatic rings. The lowest BCUT2D eigenvalue weighted by atomic mass is 10.0. The number of ether oxygens (including phenoxy) is 2. The molecular weight excluding hydrogens is 667 g/mol. The van der Waals surface area contributed by atoms with Crippen LogP contribution in [0.4, 0.5) is 55.9 Å². The first-order valence-electron chi connectivity index (χ1n) is 14.2. The van der Waals surface area contributed by atoms with Crippen molar-refractivity contribution in [3.63, 3.8) is 0 Å². The van der Waals surface area contributed by atoms with Crippen LogP contribution in [0.5, 0.6) is 5.75 Å². The average molecular weight is 697 g/mol. The number of carbonyl (C=O) groups excluding carboxylic acids is 1. The molecule has 0 aliphatic heterocycles. The van der Waals surface area contributed by atoms with Crippen LogP contribution in [0.15, 0.2) is 48.8 Å². The van der Waals surface area contributed by atoms with Crippen molar-refractivity contribution < 1.29 is 63.7 Å². The normalized spacial score (nSPS) is 12.1. The molecule has 48 heavy (non-hydrogen) atoms. The maximum atomic E-state index is 13.8. The summed E-state index contributed by atoms with van der Waals surface area (Å²) >= 11 is 0. The zero-order valence-electron chi connectivity index (χ0n) is 25.3. The van der Waals surface area contributed by atoms with Crippen molar-refractivity contribution in [2.45, 2.75) is 58.3 Å². The smallest absolute Gasteiger partial charge is 0.416 e. The summed E-state index contributed by atoms with van der Waals surface area (Å²) < 4.78 is 134. The Kier molecular flexibility index (Phi) is 12.1. The Balaban J connectivity index is 2.15. The quantitative estimate of drug-likeness (QED) is 0.142. The number of anilines is 2. The summed E-state index contributed by atoms with van der Waals surface area (Å²) in [6.07, 6.45) is -14.0. The van der Waals surface area contributed by atoms with Gasteiger partial charge in [0, 0.05) is 26.1 Å². The van der Waals surface area contributed by atoms with Gasteiger partial charge in [0.05, 0.1) is 48.0 Å². The van der Waals surface area contributed by atoms with Crippen LogP contribution >= 0.6 is 0 Å². The summed E-state index contributed by atoms with van der Waals surface area (Å²) in [6, 6.07) is 3.26. The minimum Gasteiger partial charge on any atom is -0.490 e. The van der Waals surface area contributed by atoms with Crippen LogP contribution in [-0.4, -0.2) is 46.9 Å². The van der Waals surface area contributed by atoms with Gasteiger partial charge < -0.3 is 19.5 Å². The van der Waals surface area contributed by atoms with E-state index in [1.54, 1.807) is 0 Å². The van der Waals surface area contributed by atoms with E-state index in [-0.39, 0.29) is 61.6 Å². The summed E-state index contributed by atoms with van der Waals surface area (Å²) in [5.41, 5.74) is -5.19. The van der Waals surface area contributed by atoms with E-state index in [2.05, 4.69) is 9.97 Å². The first-order chi connectivity index (χ1) is 22.3. The number of aromatic nitrogens is 2. The van der Waals surface area contributed by atoms with Gasteiger partial charge in [0.25, 0.3) is 0 Å². The molecule has 3 aromatic rings. The number of hydrogen-bond acceptors (Lipinski definition) is 7. The molecule has 0 atom stereocenters. The van der Waals surface area contributed by atoms with Crippen molar-refractivity contribution in [3.05, 3.63) is 76.6 Å². The SMILES string of the molecule is CCOC(=O)N(CC)c1ccc(C(F)(F)F)cc1CN(Cc1cc(C(F)(F)F)cc(C(F)(F)F)c1)c1ncc(OCCCC(=O)O)cn1. The van der Waals surface area contributed by atoms with Crippen molar-refractivity contribution >= 4 is 23.7 Å². The molecule has 1 aromatic heterocycles. The van der Waals surface area contributed by atoms with Crippen molar-refractivity contribution in [2.75, 3.05) is 29.6 Å². The number of carboxylic acid groups (broad SMARTS) is 1. The van der Waals surface area contributed by atoms with Crippen LogP contribution in [0.25, 0.3) is 0 Å². The molecule has 9 nitrogen and oxygen atoms in total. The number of alkyl halides is 9. The number of halogens is 9. The molecular formula is C30H29F9N4O5. The molecule has 0 unspecified atom stereocenters. The van der Waals surface area contributed by atoms with Crippen LogP contribution in [0, 0.1) is 0 Å². The fourth-order valence-corrected chi connectivity index (χ4v) is 4.45. The lowest BCUT2D eigenvalue weighted by molar-refractivity contribution is -0.143. The van der Waals surface area contributed by atoms with Gasteiger partial charge in [0.1, 0.15) is 0 Å². The molecule has 0 fully saturated rings. The Morgan fingerprint density at radius 3 is 1.90 bits per heavy atom. The van der Waals surface area contributed by atoms with E-state index in [4.69, 9.17) is 14.6 Å². The molecule has 0 aliphatic carbocycles. The Morgan fingerprint density at radius 1 is 0.812 bits per heavy atom. The second kappa shape index (κ2) is 15.4. The van der Waals surface area contributed by atoms with E-state index in [0.29, 0.717) is 24.3 Å². The third-order valence-corrected chi connectivity index (χ3v) is 6.59. The molecule has 0 radical (unpaired) electrons. The van der Waals surface area contributed by atoms with Crippen LogP contribution in [-0.2, 0) is 41.1 Å². The van der Waals surface area contributed by atoms with Gasteiger partial charge >= 0.3 is 30.6 Å². The fourth-order valence-electron chi connectivity index (χ4n) is 4.45. The number of carbonyl (C=O) groups is 2. The molecule has 0 saturated carbocycles. The maximum Gasteiger partial charge on any atom is 0.416 e. The number of rotatable bonds is 13. The van der Waals surface area contributed by atoms with Crippen molar-refractivity contribution in [1.82, 2.24) is 9.97 Å². The molecule has 0 saturated heterocycles. The molecule has 1 amide bonds. The number of nitrogens with zero attached hydrogens (tertiary/aromatic N) is 4. The number of benzene rings is 2. The standard InChI is InChI=1S/C30H29F9N4O5/c1-3-43(27(46)47-4-2)24-8-7-20(28(31,32)33)12-19(24)17-42(26-40-14-23(15-41-26)48-9-5-6-25(44)45)16-18-10-21(29(34,35)36)13-22(11-18)30(37,38)39/h7-8,10-15H,3-6,9,16-17H2,1-2H3,(H,44,45). The number of hydrogen-bond donors (Lipinski definition) is 1. The van der Waals surface area contributed by atoms with E-state index >= 15 is 0 Å². The predicted octanol–water partition coefficient (Wildman–Crippen LogP) is 7.97. The minimum absolute atomic E-state index is 0.0294. The van der Waals surface area contributed by atoms with E-state index in [1.165, 1.54) is 13.8 Å². The molecule has 2 aromatic carbocycles. The van der Waals surface area contributed by atoms with Gasteiger partial charge in [-0.25, -0.2) is 14.8 Å². The largest absolute Gasteiger partial charge is 0.490 e. The summed E-state index contributed by atoms with van der Waals surface area (Å²) in [7, 11) is 0. The van der Waals surface area contributed by atoms with Gasteiger partial charge in [-0.1, -0.05) is 0 Å². The van der Waals surface area contributed by atoms with Crippen LogP contribution in [0.3, 0.4) is 0 Å². The molecule has 3 rings (SSSR count). The molecule has 1 heterocycles. The Bertz CT molecular complexity index is 1530. The molecule has 262 valence electrons. The number of amides is 1. The highest BCUT2D eigenvalue weighted by atomic mass is 19.4. The molecule has 1 N–H and O–H groups in total. The highest BCUT2D eigenvalue weighted by Crippen LogP contribution is 2.38. The van der Waals surface area contributed by atoms with E-state index < -0.39 is 65.9 Å². The summed E-state index contributed by atoms with van der Waals surface area (Å²) in [5, 5.41) is 8.76. The Morgan fingerprint density at radius 2 is 1.40 bits per heavy atom. The third kappa shape index (κ3) is 10.4. The Labute approximate surface area is 267 Å². The minimum atomic E-state index is -5.17. The van der Waals surface area contributed by atoms with Gasteiger partial charge in [-0.05, 0) is 67.8 Å². The van der Waals surface area contributed by atoms with Gasteiger partial charge in [0.15, 0.2) is 5.75 Å². The van der Waals surface area contributed by atoms with Gasteiger partial charge in [-0.2, -0.15) is 39.5 Å². The fraction of sp³-hybridized carbons (Fsp3) is 0.400. The Hall–Kier alpha value is -4.77. The molecule has 0 spiro atoms. The molecule has 0 bridgehead atoms. The lowest BCUT2D eigenvalue weighted by Gasteiger charge is -2.28. The predicted molar refractivity (Wildman–Crippen MR) is 152 cm³/mol. The van der Waals surface area contributed by atoms with Crippen molar-refractivity contribution in [3.8, 4) is 5.75 Å². The van der Waals surface area contributed by atoms with Gasteiger partial charge in [0.2, 0.25) is 5.95 Å². The van der Waals surface area contributed by atoms with Crippen molar-refractivity contribution in [2.24, 2.45) is 0 Å². The average Bonchev–Trinajstić information content (AvgIpc) is 2.99. The van der Waals surface area contributed by atoms with Crippen molar-refractivity contribution in [1.29, 1.82) is 0 Å². The van der Waals surface area contributed by atoms with Gasteiger partial charge in [-0.15, -0.1) is 0 Å². The zero-order chi connectivity index (χ0) is 35.9. The van der Waals surface area contributed by atoms with Crippen LogP contribution in [0.1, 0.15) is 54.5 Å². The second-order valence-electron chi connectivity index (χ2n) is 10.1. The monoisotopic (exact) mass is 696 g/mol. The van der Waals surface area contributed by atoms with E-state index in [0.717, 1.165) is 28.3 Å². The lowest BCUT2D eigenvalue weighted by Crippen LogP contribution is -2.33. The zero-order valence-corrected chi connectivity index (χ0v) is 25.3. The summed E-state index contributed by atoms with van der Waals surface area (Å²) in [4.78, 5) is 33.6. The van der Waals surface area contributed by atoms with E-state index in [1.807, 2.05) is 0 Å². The topological polar surface area (TPSA) is 105 Å². The van der Waals surface area contributed by atoms with Crippen LogP contribution in [0.2, 0.25) is 0 Å².